The number of aromatic nitrogens is 3. The fourth-order valence-corrected chi connectivity index (χ4v) is 5.61. The molecule has 1 aliphatic heterocycles. The van der Waals surface area contributed by atoms with E-state index in [4.69, 9.17) is 4.74 Å². The Kier molecular flexibility index (Phi) is 6.81. The number of halogens is 1. The Labute approximate surface area is 221 Å². The highest BCUT2D eigenvalue weighted by molar-refractivity contribution is 5.80. The molecule has 3 aromatic heterocycles. The third kappa shape index (κ3) is 5.13. The van der Waals surface area contributed by atoms with Gasteiger partial charge in [0.15, 0.2) is 5.43 Å². The topological polar surface area (TPSA) is 63.5 Å². The number of nitrogens with zero attached hydrogens (tertiary/aromatic N) is 5. The van der Waals surface area contributed by atoms with Crippen LogP contribution in [0.2, 0.25) is 0 Å². The van der Waals surface area contributed by atoms with E-state index in [9.17, 15) is 9.18 Å². The van der Waals surface area contributed by atoms with Crippen molar-refractivity contribution in [2.45, 2.75) is 50.9 Å². The first-order valence-electron chi connectivity index (χ1n) is 13.3. The minimum Gasteiger partial charge on any atom is -0.481 e. The number of hydrogen-bond donors (Lipinski definition) is 0. The lowest BCUT2D eigenvalue weighted by Gasteiger charge is -2.40. The fraction of sp³-hybridized carbons (Fsp3) is 0.367. The van der Waals surface area contributed by atoms with Gasteiger partial charge in [0, 0.05) is 73.9 Å². The highest BCUT2D eigenvalue weighted by Gasteiger charge is 2.29. The molecule has 4 heterocycles. The maximum absolute atomic E-state index is 14.2. The first-order chi connectivity index (χ1) is 18.6. The molecule has 0 amide bonds. The lowest BCUT2D eigenvalue weighted by atomic mass is 10.0. The van der Waals surface area contributed by atoms with Crippen molar-refractivity contribution in [3.63, 3.8) is 0 Å². The van der Waals surface area contributed by atoms with E-state index in [1.54, 1.807) is 25.6 Å². The first-order valence-corrected chi connectivity index (χ1v) is 13.3. The van der Waals surface area contributed by atoms with Crippen LogP contribution in [-0.4, -0.2) is 45.7 Å². The molecule has 7 nitrogen and oxygen atoms in total. The zero-order valence-corrected chi connectivity index (χ0v) is 21.6. The molecule has 1 saturated heterocycles. The van der Waals surface area contributed by atoms with Gasteiger partial charge in [0.05, 0.1) is 24.5 Å². The minimum absolute atomic E-state index is 0.0892. The number of benzene rings is 1. The second kappa shape index (κ2) is 10.5. The van der Waals surface area contributed by atoms with Gasteiger partial charge in [-0.05, 0) is 67.6 Å². The summed E-state index contributed by atoms with van der Waals surface area (Å²) in [6.07, 6.45) is 11.7. The Morgan fingerprint density at radius 3 is 2.79 bits per heavy atom. The average Bonchev–Trinajstić information content (AvgIpc) is 3.80. The third-order valence-electron chi connectivity index (χ3n) is 7.70. The Bertz CT molecular complexity index is 1490. The van der Waals surface area contributed by atoms with Crippen molar-refractivity contribution in [1.29, 1.82) is 0 Å². The third-order valence-corrected chi connectivity index (χ3v) is 7.70. The molecule has 0 unspecified atom stereocenters. The van der Waals surface area contributed by atoms with E-state index in [-0.39, 0.29) is 17.3 Å². The molecule has 1 atom stereocenters. The highest BCUT2D eigenvalue weighted by atomic mass is 19.1. The van der Waals surface area contributed by atoms with Gasteiger partial charge in [-0.25, -0.2) is 9.37 Å². The predicted octanol–water partition coefficient (Wildman–Crippen LogP) is 4.95. The van der Waals surface area contributed by atoms with Gasteiger partial charge >= 0.3 is 0 Å². The normalized spacial score (nSPS) is 17.8. The Hall–Kier alpha value is -3.78. The maximum atomic E-state index is 14.2. The summed E-state index contributed by atoms with van der Waals surface area (Å²) in [5.41, 5.74) is 3.61. The van der Waals surface area contributed by atoms with Crippen molar-refractivity contribution in [3.05, 3.63) is 94.4 Å². The number of pyridine rings is 3. The molecule has 4 aromatic rings. The summed E-state index contributed by atoms with van der Waals surface area (Å²) < 4.78 is 21.8. The standard InChI is InChI=1S/C30H32FN5O2/c1-38-29-14-21(10-12-33-29)17-35(26-5-3-13-34(20-26)25-4-2-11-32-16-25)18-22-19-36(24-7-8-24)28-9-6-23(31)15-27(28)30(22)37/h2,4,6,9-12,14-16,19,24,26H,3,5,7-8,13,17-18,20H2,1H3/t26-/m0/s1. The molecule has 1 saturated carbocycles. The van der Waals surface area contributed by atoms with Crippen molar-refractivity contribution in [1.82, 2.24) is 19.4 Å². The van der Waals surface area contributed by atoms with Crippen molar-refractivity contribution in [2.75, 3.05) is 25.1 Å². The minimum atomic E-state index is -0.380. The molecule has 8 heteroatoms. The quantitative estimate of drug-likeness (QED) is 0.332. The van der Waals surface area contributed by atoms with Crippen LogP contribution in [0.3, 0.4) is 0 Å². The molecule has 0 N–H and O–H groups in total. The largest absolute Gasteiger partial charge is 0.481 e. The summed E-state index contributed by atoms with van der Waals surface area (Å²) in [5.74, 6) is 0.189. The summed E-state index contributed by atoms with van der Waals surface area (Å²) in [4.78, 5) is 27.0. The van der Waals surface area contributed by atoms with Gasteiger partial charge in [0.1, 0.15) is 5.82 Å². The van der Waals surface area contributed by atoms with Gasteiger partial charge in [-0.3, -0.25) is 14.7 Å². The molecule has 38 heavy (non-hydrogen) atoms. The van der Waals surface area contributed by atoms with Crippen molar-refractivity contribution < 1.29 is 9.13 Å². The number of piperidine rings is 1. The van der Waals surface area contributed by atoms with E-state index >= 15 is 0 Å². The van der Waals surface area contributed by atoms with E-state index in [1.807, 2.05) is 30.6 Å². The SMILES string of the molecule is COc1cc(CN(Cc2cn(C3CC3)c3ccc(F)cc3c2=O)[C@H]2CCCN(c3cccnc3)C2)ccn1. The fourth-order valence-electron chi connectivity index (χ4n) is 5.61. The Balaban J connectivity index is 1.37. The molecular formula is C30H32FN5O2. The monoisotopic (exact) mass is 513 g/mol. The Morgan fingerprint density at radius 2 is 2.00 bits per heavy atom. The van der Waals surface area contributed by atoms with Gasteiger partial charge in [0.25, 0.3) is 0 Å². The van der Waals surface area contributed by atoms with Gasteiger partial charge < -0.3 is 14.2 Å². The zero-order valence-electron chi connectivity index (χ0n) is 21.6. The van der Waals surface area contributed by atoms with E-state index in [0.717, 1.165) is 55.5 Å². The lowest BCUT2D eigenvalue weighted by molar-refractivity contribution is 0.158. The van der Waals surface area contributed by atoms with Crippen LogP contribution in [0.15, 0.2) is 72.0 Å². The van der Waals surface area contributed by atoms with Crippen molar-refractivity contribution in [2.24, 2.45) is 0 Å². The Morgan fingerprint density at radius 1 is 1.11 bits per heavy atom. The van der Waals surface area contributed by atoms with Crippen LogP contribution in [0.5, 0.6) is 5.88 Å². The van der Waals surface area contributed by atoms with Crippen LogP contribution >= 0.6 is 0 Å². The second-order valence-electron chi connectivity index (χ2n) is 10.3. The van der Waals surface area contributed by atoms with E-state index in [2.05, 4.69) is 30.4 Å². The maximum Gasteiger partial charge on any atom is 0.213 e. The number of anilines is 1. The lowest BCUT2D eigenvalue weighted by Crippen LogP contribution is -2.48. The molecule has 6 rings (SSSR count). The van der Waals surface area contributed by atoms with Crippen LogP contribution in [0.1, 0.15) is 42.9 Å². The van der Waals surface area contributed by atoms with Gasteiger partial charge in [-0.15, -0.1) is 0 Å². The molecule has 2 aliphatic rings. The summed E-state index contributed by atoms with van der Waals surface area (Å²) in [5, 5.41) is 0.459. The van der Waals surface area contributed by atoms with Crippen LogP contribution in [0.25, 0.3) is 10.9 Å². The van der Waals surface area contributed by atoms with Gasteiger partial charge in [-0.1, -0.05) is 0 Å². The number of methoxy groups -OCH3 is 1. The molecule has 0 bridgehead atoms. The molecule has 1 aromatic carbocycles. The zero-order chi connectivity index (χ0) is 26.1. The van der Waals surface area contributed by atoms with Gasteiger partial charge in [-0.2, -0.15) is 0 Å². The number of ether oxygens (including phenoxy) is 1. The molecule has 196 valence electrons. The molecule has 0 radical (unpaired) electrons. The number of rotatable bonds is 8. The van der Waals surface area contributed by atoms with Crippen LogP contribution < -0.4 is 15.1 Å². The number of fused-ring (bicyclic) bond motifs is 1. The van der Waals surface area contributed by atoms with Crippen LogP contribution in [0, 0.1) is 5.82 Å². The summed E-state index contributed by atoms with van der Waals surface area (Å²) in [6.45, 7) is 2.94. The molecule has 0 spiro atoms. The molecule has 1 aliphatic carbocycles. The van der Waals surface area contributed by atoms with E-state index in [1.165, 1.54) is 12.1 Å². The summed E-state index contributed by atoms with van der Waals surface area (Å²) in [6, 6.07) is 13.2. The second-order valence-corrected chi connectivity index (χ2v) is 10.3. The van der Waals surface area contributed by atoms with Crippen molar-refractivity contribution >= 4 is 16.6 Å². The van der Waals surface area contributed by atoms with Crippen LogP contribution in [-0.2, 0) is 13.1 Å². The summed E-state index contributed by atoms with van der Waals surface area (Å²) >= 11 is 0. The number of hydrogen-bond acceptors (Lipinski definition) is 6. The van der Waals surface area contributed by atoms with Crippen LogP contribution in [0.4, 0.5) is 10.1 Å². The first kappa shape index (κ1) is 24.6. The average molecular weight is 514 g/mol. The van der Waals surface area contributed by atoms with E-state index in [0.29, 0.717) is 36.0 Å². The molecule has 2 fully saturated rings. The molecular weight excluding hydrogens is 481 g/mol. The van der Waals surface area contributed by atoms with Crippen molar-refractivity contribution in [3.8, 4) is 5.88 Å². The smallest absolute Gasteiger partial charge is 0.213 e. The predicted molar refractivity (Wildman–Crippen MR) is 146 cm³/mol. The highest BCUT2D eigenvalue weighted by Crippen LogP contribution is 2.37. The van der Waals surface area contributed by atoms with Gasteiger partial charge in [0.2, 0.25) is 5.88 Å². The van der Waals surface area contributed by atoms with E-state index < -0.39 is 0 Å². The summed E-state index contributed by atoms with van der Waals surface area (Å²) in [7, 11) is 1.62.